The second-order valence-corrected chi connectivity index (χ2v) is 13.6. The highest BCUT2D eigenvalue weighted by Gasteiger charge is 2.24. The summed E-state index contributed by atoms with van der Waals surface area (Å²) in [5.74, 6) is -0.00290. The van der Waals surface area contributed by atoms with E-state index in [-0.39, 0.29) is 11.5 Å². The zero-order valence-corrected chi connectivity index (χ0v) is 31.5. The molecule has 51 heavy (non-hydrogen) atoms. The normalized spacial score (nSPS) is 14.1. The number of hydrazone groups is 1. The topological polar surface area (TPSA) is 111 Å². The van der Waals surface area contributed by atoms with Gasteiger partial charge >= 0.3 is 5.97 Å². The molecule has 0 unspecified atom stereocenters. The standard InChI is InChI=1S/C37H40ClFN6O3S.C2H6/c1-4-41-45-14-6-5-8-26(45)19-32-33(38)13-12-31-30(36(37(46)47)43(2)35(31)32)9-7-15-48-34-20-28(17-23-16-24(39)10-11-29(23)34)49-22-27-18-25(21-40)42-44(27)3;1-2/h4,10-13,16-20H,5-9,14-15,21-22,40H2,1-3H3,(H,46,47);1-2H3/b26-19+,41-4+;. The summed E-state index contributed by atoms with van der Waals surface area (Å²) in [6.45, 7) is 7.44. The Kier molecular flexibility index (Phi) is 12.8. The number of nitrogens with two attached hydrogens (primary N) is 1. The summed E-state index contributed by atoms with van der Waals surface area (Å²) in [5, 5.41) is 24.3. The molecule has 3 N–H and O–H groups in total. The fourth-order valence-corrected chi connectivity index (χ4v) is 7.79. The molecule has 0 bridgehead atoms. The minimum Gasteiger partial charge on any atom is -0.493 e. The molecule has 0 aliphatic carbocycles. The number of carboxylic acids is 1. The number of hydrogen-bond acceptors (Lipinski definition) is 7. The number of nitrogens with zero attached hydrogens (tertiary/aromatic N) is 5. The second-order valence-electron chi connectivity index (χ2n) is 12.1. The van der Waals surface area contributed by atoms with Crippen molar-refractivity contribution in [2.45, 2.75) is 70.1 Å². The third kappa shape index (κ3) is 8.43. The molecule has 3 heterocycles. The lowest BCUT2D eigenvalue weighted by Gasteiger charge is -2.27. The highest BCUT2D eigenvalue weighted by molar-refractivity contribution is 7.98. The number of ether oxygens (including phenoxy) is 1. The fraction of sp³-hybridized carbons (Fsp3) is 0.359. The van der Waals surface area contributed by atoms with Crippen LogP contribution in [-0.2, 0) is 32.8 Å². The van der Waals surface area contributed by atoms with E-state index in [1.807, 2.05) is 67.8 Å². The Bertz CT molecular complexity index is 2090. The van der Waals surface area contributed by atoms with Crippen molar-refractivity contribution in [3.05, 3.63) is 93.3 Å². The molecule has 0 spiro atoms. The molecule has 12 heteroatoms. The molecule has 0 radical (unpaired) electrons. The number of piperidine rings is 1. The number of halogens is 2. The van der Waals surface area contributed by atoms with Gasteiger partial charge in [0.2, 0.25) is 0 Å². The van der Waals surface area contributed by atoms with Gasteiger partial charge in [-0.2, -0.15) is 10.2 Å². The molecule has 270 valence electrons. The van der Waals surface area contributed by atoms with Gasteiger partial charge in [-0.3, -0.25) is 9.69 Å². The van der Waals surface area contributed by atoms with Crippen LogP contribution in [0.15, 0.2) is 64.2 Å². The predicted octanol–water partition coefficient (Wildman–Crippen LogP) is 9.18. The number of hydrogen-bond donors (Lipinski definition) is 2. The van der Waals surface area contributed by atoms with Crippen molar-refractivity contribution in [3.8, 4) is 5.75 Å². The molecule has 1 aliphatic rings. The summed E-state index contributed by atoms with van der Waals surface area (Å²) in [4.78, 5) is 13.6. The monoisotopic (exact) mass is 732 g/mol. The molecule has 0 saturated carbocycles. The van der Waals surface area contributed by atoms with Crippen LogP contribution < -0.4 is 10.5 Å². The van der Waals surface area contributed by atoms with Crippen molar-refractivity contribution < 1.29 is 19.0 Å². The number of carboxylic acid groups (broad SMARTS) is 1. The van der Waals surface area contributed by atoms with Crippen LogP contribution in [0.25, 0.3) is 27.8 Å². The Balaban J connectivity index is 0.00000248. The van der Waals surface area contributed by atoms with Gasteiger partial charge in [0, 0.05) is 76.8 Å². The lowest BCUT2D eigenvalue weighted by molar-refractivity contribution is 0.0685. The molecule has 1 aliphatic heterocycles. The zero-order valence-electron chi connectivity index (χ0n) is 29.9. The van der Waals surface area contributed by atoms with E-state index in [1.165, 1.54) is 12.1 Å². The molecule has 2 aromatic heterocycles. The van der Waals surface area contributed by atoms with Crippen LogP contribution in [0, 0.1) is 5.82 Å². The SMILES string of the molecule is C/C=N/N1CCCC/C1=C\c1c(Cl)ccc2c(CCCOc3cc(SCc4cc(CN)nn4C)cc4cc(F)ccc34)c(C(=O)O)n(C)c12.CC. The average Bonchev–Trinajstić information content (AvgIpc) is 3.63. The number of thioether (sulfide) groups is 1. The quantitative estimate of drug-likeness (QED) is 0.0748. The van der Waals surface area contributed by atoms with Crippen molar-refractivity contribution in [3.63, 3.8) is 0 Å². The van der Waals surface area contributed by atoms with Crippen molar-refractivity contribution in [1.82, 2.24) is 19.4 Å². The number of aromatic carboxylic acids is 1. The van der Waals surface area contributed by atoms with Gasteiger partial charge in [-0.1, -0.05) is 31.5 Å². The maximum Gasteiger partial charge on any atom is 0.352 e. The molecule has 9 nitrogen and oxygen atoms in total. The van der Waals surface area contributed by atoms with E-state index in [2.05, 4.69) is 16.3 Å². The van der Waals surface area contributed by atoms with Crippen LogP contribution in [0.1, 0.15) is 79.5 Å². The van der Waals surface area contributed by atoms with Gasteiger partial charge in [0.05, 0.1) is 17.8 Å². The van der Waals surface area contributed by atoms with E-state index < -0.39 is 5.97 Å². The van der Waals surface area contributed by atoms with E-state index in [1.54, 1.807) is 35.7 Å². The van der Waals surface area contributed by atoms with E-state index in [0.29, 0.717) is 42.5 Å². The van der Waals surface area contributed by atoms with Gasteiger partial charge in [0.15, 0.2) is 0 Å². The van der Waals surface area contributed by atoms with Crippen LogP contribution in [-0.4, -0.2) is 49.8 Å². The summed E-state index contributed by atoms with van der Waals surface area (Å²) in [7, 11) is 3.67. The van der Waals surface area contributed by atoms with E-state index in [9.17, 15) is 14.3 Å². The Labute approximate surface area is 307 Å². The first-order valence-corrected chi connectivity index (χ1v) is 18.7. The number of carbonyl (C=O) groups is 1. The number of rotatable bonds is 12. The Hall–Kier alpha value is -4.32. The highest BCUT2D eigenvalue weighted by Crippen LogP contribution is 2.37. The minimum absolute atomic E-state index is 0.233. The molecule has 1 saturated heterocycles. The summed E-state index contributed by atoms with van der Waals surface area (Å²) >= 11 is 8.39. The molecule has 0 amide bonds. The van der Waals surface area contributed by atoms with E-state index in [4.69, 9.17) is 22.1 Å². The summed E-state index contributed by atoms with van der Waals surface area (Å²) in [5.41, 5.74) is 11.2. The first-order chi connectivity index (χ1) is 24.7. The lowest BCUT2D eigenvalue weighted by atomic mass is 10.0. The summed E-state index contributed by atoms with van der Waals surface area (Å²) in [6, 6.07) is 14.4. The second kappa shape index (κ2) is 17.3. The van der Waals surface area contributed by atoms with Crippen molar-refractivity contribution in [2.24, 2.45) is 24.9 Å². The van der Waals surface area contributed by atoms with E-state index >= 15 is 0 Å². The van der Waals surface area contributed by atoms with Crippen molar-refractivity contribution in [1.29, 1.82) is 0 Å². The largest absolute Gasteiger partial charge is 0.493 e. The third-order valence-electron chi connectivity index (χ3n) is 8.90. The van der Waals surface area contributed by atoms with Crippen molar-refractivity contribution in [2.75, 3.05) is 13.2 Å². The molecule has 0 atom stereocenters. The number of fused-ring (bicyclic) bond motifs is 2. The van der Waals surface area contributed by atoms with Gasteiger partial charge in [-0.25, -0.2) is 9.18 Å². The molecule has 3 aromatic carbocycles. The van der Waals surface area contributed by atoms with Crippen LogP contribution in [0.4, 0.5) is 4.39 Å². The molecular formula is C39H46ClFN6O3S. The van der Waals surface area contributed by atoms with E-state index in [0.717, 1.165) is 80.6 Å². The molecule has 1 fully saturated rings. The van der Waals surface area contributed by atoms with Gasteiger partial charge in [0.25, 0.3) is 0 Å². The molecular weight excluding hydrogens is 687 g/mol. The molecule has 5 aromatic rings. The van der Waals surface area contributed by atoms with Gasteiger partial charge in [-0.15, -0.1) is 11.8 Å². The number of allylic oxidation sites excluding steroid dienone is 1. The maximum atomic E-state index is 14.3. The number of aryl methyl sites for hydroxylation is 3. The first kappa shape index (κ1) is 37.9. The molecule has 6 rings (SSSR count). The van der Waals surface area contributed by atoms with Crippen LogP contribution in [0.5, 0.6) is 5.75 Å². The van der Waals surface area contributed by atoms with Gasteiger partial charge in [0.1, 0.15) is 17.3 Å². The lowest BCUT2D eigenvalue weighted by Crippen LogP contribution is -2.22. The smallest absolute Gasteiger partial charge is 0.352 e. The van der Waals surface area contributed by atoms with Crippen LogP contribution >= 0.6 is 23.4 Å². The van der Waals surface area contributed by atoms with Crippen LogP contribution in [0.3, 0.4) is 0 Å². The van der Waals surface area contributed by atoms with Gasteiger partial charge in [-0.05, 0) is 98.5 Å². The zero-order chi connectivity index (χ0) is 36.7. The fourth-order valence-electron chi connectivity index (χ4n) is 6.59. The first-order valence-electron chi connectivity index (χ1n) is 17.4. The van der Waals surface area contributed by atoms with Crippen LogP contribution in [0.2, 0.25) is 5.02 Å². The maximum absolute atomic E-state index is 14.3. The number of benzene rings is 3. The predicted molar refractivity (Wildman–Crippen MR) is 207 cm³/mol. The van der Waals surface area contributed by atoms with Crippen molar-refractivity contribution >= 4 is 63.3 Å². The Morgan fingerprint density at radius 1 is 1.14 bits per heavy atom. The summed E-state index contributed by atoms with van der Waals surface area (Å²) in [6.07, 6.45) is 7.86. The van der Waals surface area contributed by atoms with Gasteiger partial charge < -0.3 is 20.1 Å². The average molecular weight is 733 g/mol. The Morgan fingerprint density at radius 3 is 2.65 bits per heavy atom. The summed E-state index contributed by atoms with van der Waals surface area (Å²) < 4.78 is 24.2. The minimum atomic E-state index is -0.996. The highest BCUT2D eigenvalue weighted by atomic mass is 35.5. The third-order valence-corrected chi connectivity index (χ3v) is 10.2. The Morgan fingerprint density at radius 2 is 1.92 bits per heavy atom. The number of aromatic nitrogens is 3.